The second-order valence-electron chi connectivity index (χ2n) is 10.3. The van der Waals surface area contributed by atoms with Crippen molar-refractivity contribution in [1.82, 2.24) is 14.7 Å². The Kier molecular flexibility index (Phi) is 6.42. The van der Waals surface area contributed by atoms with Crippen LogP contribution >= 0.6 is 0 Å². The average Bonchev–Trinajstić information content (AvgIpc) is 3.79. The molecule has 192 valence electrons. The SMILES string of the molecule is CC(=O)N(C1=C(N2CCN(C(c3ccccc3)c3ccccc3)CC2)C(=O)c2ccccc2C1=O)C1CC1. The van der Waals surface area contributed by atoms with Gasteiger partial charge in [-0.2, -0.15) is 0 Å². The summed E-state index contributed by atoms with van der Waals surface area (Å²) in [5, 5.41) is 0. The Morgan fingerprint density at radius 1 is 0.737 bits per heavy atom. The molecule has 0 atom stereocenters. The number of amides is 1. The number of hydrogen-bond acceptors (Lipinski definition) is 5. The lowest BCUT2D eigenvalue weighted by Gasteiger charge is -2.43. The van der Waals surface area contributed by atoms with E-state index in [1.54, 1.807) is 29.2 Å². The van der Waals surface area contributed by atoms with Crippen LogP contribution in [0.15, 0.2) is 96.3 Å². The van der Waals surface area contributed by atoms with Crippen molar-refractivity contribution >= 4 is 17.5 Å². The smallest absolute Gasteiger partial charge is 0.224 e. The van der Waals surface area contributed by atoms with Gasteiger partial charge in [0.1, 0.15) is 11.4 Å². The van der Waals surface area contributed by atoms with Gasteiger partial charge in [-0.15, -0.1) is 0 Å². The van der Waals surface area contributed by atoms with E-state index in [1.807, 2.05) is 17.0 Å². The molecular weight excluding hydrogens is 474 g/mol. The molecule has 0 aromatic heterocycles. The molecule has 1 saturated carbocycles. The molecule has 38 heavy (non-hydrogen) atoms. The fourth-order valence-electron chi connectivity index (χ4n) is 5.88. The third-order valence-corrected chi connectivity index (χ3v) is 7.79. The molecule has 0 spiro atoms. The normalized spacial score (nSPS) is 18.1. The van der Waals surface area contributed by atoms with Gasteiger partial charge in [0.15, 0.2) is 0 Å². The lowest BCUT2D eigenvalue weighted by molar-refractivity contribution is -0.127. The second-order valence-corrected chi connectivity index (χ2v) is 10.3. The van der Waals surface area contributed by atoms with Gasteiger partial charge in [-0.05, 0) is 24.0 Å². The summed E-state index contributed by atoms with van der Waals surface area (Å²) in [7, 11) is 0. The van der Waals surface area contributed by atoms with E-state index in [0.717, 1.165) is 25.9 Å². The van der Waals surface area contributed by atoms with Crippen molar-refractivity contribution in [3.05, 3.63) is 119 Å². The lowest BCUT2D eigenvalue weighted by atomic mass is 9.88. The molecule has 2 aliphatic carbocycles. The first-order valence-electron chi connectivity index (χ1n) is 13.4. The number of Topliss-reactive ketones (excluding diaryl/α,β-unsaturated/α-hetero) is 2. The molecule has 3 aromatic carbocycles. The quantitative estimate of drug-likeness (QED) is 0.486. The molecule has 1 amide bonds. The Balaban J connectivity index is 1.35. The number of carbonyl (C=O) groups excluding carboxylic acids is 3. The molecule has 3 aromatic rings. The van der Waals surface area contributed by atoms with Crippen molar-refractivity contribution < 1.29 is 14.4 Å². The van der Waals surface area contributed by atoms with Gasteiger partial charge in [0.2, 0.25) is 17.5 Å². The highest BCUT2D eigenvalue weighted by atomic mass is 16.2. The molecule has 1 heterocycles. The third kappa shape index (κ3) is 4.35. The number of rotatable bonds is 6. The second kappa shape index (κ2) is 10.0. The minimum absolute atomic E-state index is 0.0126. The lowest BCUT2D eigenvalue weighted by Crippen LogP contribution is -2.51. The number of ketones is 2. The number of allylic oxidation sites excluding steroid dienone is 2. The van der Waals surface area contributed by atoms with Crippen LogP contribution in [0.2, 0.25) is 0 Å². The van der Waals surface area contributed by atoms with Crippen molar-refractivity contribution in [2.45, 2.75) is 31.8 Å². The van der Waals surface area contributed by atoms with Crippen LogP contribution in [0.3, 0.4) is 0 Å². The first-order chi connectivity index (χ1) is 18.5. The standard InChI is InChI=1S/C32H31N3O3/c1-22(36)35(25-16-17-25)30-29(31(37)26-14-8-9-15-27(26)32(30)38)34-20-18-33(19-21-34)28(23-10-4-2-5-11-23)24-12-6-3-7-13-24/h2-15,25,28H,16-21H2,1H3. The minimum Gasteiger partial charge on any atom is -0.364 e. The summed E-state index contributed by atoms with van der Waals surface area (Å²) >= 11 is 0. The highest BCUT2D eigenvalue weighted by Crippen LogP contribution is 2.38. The molecule has 6 rings (SSSR count). The van der Waals surface area contributed by atoms with E-state index in [0.29, 0.717) is 29.9 Å². The monoisotopic (exact) mass is 505 g/mol. The summed E-state index contributed by atoms with van der Waals surface area (Å²) in [5.74, 6) is -0.586. The van der Waals surface area contributed by atoms with E-state index in [9.17, 15) is 14.4 Å². The zero-order valence-corrected chi connectivity index (χ0v) is 21.5. The van der Waals surface area contributed by atoms with Gasteiger partial charge in [0.25, 0.3) is 0 Å². The number of nitrogens with zero attached hydrogens (tertiary/aromatic N) is 3. The van der Waals surface area contributed by atoms with E-state index in [1.165, 1.54) is 18.1 Å². The van der Waals surface area contributed by atoms with Gasteiger partial charge in [-0.3, -0.25) is 19.3 Å². The van der Waals surface area contributed by atoms with Gasteiger partial charge >= 0.3 is 0 Å². The van der Waals surface area contributed by atoms with Gasteiger partial charge in [-0.1, -0.05) is 84.9 Å². The van der Waals surface area contributed by atoms with Crippen molar-refractivity contribution in [3.63, 3.8) is 0 Å². The van der Waals surface area contributed by atoms with Crippen molar-refractivity contribution in [3.8, 4) is 0 Å². The summed E-state index contributed by atoms with van der Waals surface area (Å²) < 4.78 is 0. The number of hydrogen-bond donors (Lipinski definition) is 0. The van der Waals surface area contributed by atoms with Gasteiger partial charge in [0, 0.05) is 50.3 Å². The third-order valence-electron chi connectivity index (χ3n) is 7.79. The number of piperazine rings is 1. The zero-order chi connectivity index (χ0) is 26.2. The summed E-state index contributed by atoms with van der Waals surface area (Å²) in [6, 6.07) is 28.0. The van der Waals surface area contributed by atoms with E-state index in [-0.39, 0.29) is 35.3 Å². The van der Waals surface area contributed by atoms with Crippen LogP contribution in [0.25, 0.3) is 0 Å². The molecule has 0 bridgehead atoms. The Hall–Kier alpha value is -4.03. The predicted molar refractivity (Wildman–Crippen MR) is 146 cm³/mol. The molecule has 6 nitrogen and oxygen atoms in total. The zero-order valence-electron chi connectivity index (χ0n) is 21.5. The molecule has 1 saturated heterocycles. The summed E-state index contributed by atoms with van der Waals surface area (Å²) in [4.78, 5) is 46.5. The van der Waals surface area contributed by atoms with Crippen LogP contribution in [0.1, 0.15) is 57.7 Å². The van der Waals surface area contributed by atoms with Crippen LogP contribution in [-0.4, -0.2) is 64.4 Å². The Labute approximate surface area is 223 Å². The summed E-state index contributed by atoms with van der Waals surface area (Å²) in [6.07, 6.45) is 1.70. The van der Waals surface area contributed by atoms with E-state index in [2.05, 4.69) is 53.4 Å². The fourth-order valence-corrected chi connectivity index (χ4v) is 5.88. The number of benzene rings is 3. The molecular formula is C32H31N3O3. The van der Waals surface area contributed by atoms with Gasteiger partial charge < -0.3 is 9.80 Å². The highest BCUT2D eigenvalue weighted by Gasteiger charge is 2.44. The topological polar surface area (TPSA) is 60.9 Å². The van der Waals surface area contributed by atoms with Crippen LogP contribution in [0.5, 0.6) is 0 Å². The van der Waals surface area contributed by atoms with E-state index in [4.69, 9.17) is 0 Å². The first kappa shape index (κ1) is 24.3. The molecule has 6 heteroatoms. The summed E-state index contributed by atoms with van der Waals surface area (Å²) in [6.45, 7) is 4.11. The number of fused-ring (bicyclic) bond motifs is 1. The van der Waals surface area contributed by atoms with Crippen LogP contribution in [0.4, 0.5) is 0 Å². The molecule has 0 unspecified atom stereocenters. The number of carbonyl (C=O) groups is 3. The maximum atomic E-state index is 13.9. The average molecular weight is 506 g/mol. The Morgan fingerprint density at radius 2 is 1.24 bits per heavy atom. The largest absolute Gasteiger partial charge is 0.364 e. The van der Waals surface area contributed by atoms with Crippen LogP contribution < -0.4 is 0 Å². The Bertz CT molecular complexity index is 1360. The van der Waals surface area contributed by atoms with E-state index < -0.39 is 0 Å². The highest BCUT2D eigenvalue weighted by molar-refractivity contribution is 6.27. The molecule has 3 aliphatic rings. The molecule has 2 fully saturated rings. The summed E-state index contributed by atoms with van der Waals surface area (Å²) in [5.41, 5.74) is 3.90. The van der Waals surface area contributed by atoms with Gasteiger partial charge in [0.05, 0.1) is 6.04 Å². The van der Waals surface area contributed by atoms with E-state index >= 15 is 0 Å². The van der Waals surface area contributed by atoms with Crippen LogP contribution in [-0.2, 0) is 4.79 Å². The minimum atomic E-state index is -0.230. The van der Waals surface area contributed by atoms with Crippen molar-refractivity contribution in [2.24, 2.45) is 0 Å². The van der Waals surface area contributed by atoms with Gasteiger partial charge in [-0.25, -0.2) is 0 Å². The van der Waals surface area contributed by atoms with Crippen molar-refractivity contribution in [1.29, 1.82) is 0 Å². The Morgan fingerprint density at radius 3 is 1.74 bits per heavy atom. The predicted octanol–water partition coefficient (Wildman–Crippen LogP) is 4.70. The molecule has 1 aliphatic heterocycles. The molecule has 0 radical (unpaired) electrons. The van der Waals surface area contributed by atoms with Crippen LogP contribution in [0, 0.1) is 0 Å². The fraction of sp³-hybridized carbons (Fsp3) is 0.281. The maximum absolute atomic E-state index is 13.9. The first-order valence-corrected chi connectivity index (χ1v) is 13.4. The molecule has 0 N–H and O–H groups in total. The maximum Gasteiger partial charge on any atom is 0.224 e. The van der Waals surface area contributed by atoms with Crippen molar-refractivity contribution in [2.75, 3.05) is 26.2 Å².